The van der Waals surface area contributed by atoms with Gasteiger partial charge < -0.3 is 10.0 Å². The zero-order valence-corrected chi connectivity index (χ0v) is 10.5. The molecule has 1 aromatic heterocycles. The van der Waals surface area contributed by atoms with Gasteiger partial charge in [-0.2, -0.15) is 0 Å². The van der Waals surface area contributed by atoms with Gasteiger partial charge in [0.05, 0.1) is 6.10 Å². The van der Waals surface area contributed by atoms with Crippen molar-refractivity contribution in [2.45, 2.75) is 18.9 Å². The van der Waals surface area contributed by atoms with Gasteiger partial charge in [0.2, 0.25) is 0 Å². The lowest BCUT2D eigenvalue weighted by Crippen LogP contribution is -2.14. The number of hydrogen-bond donors (Lipinski definition) is 1. The van der Waals surface area contributed by atoms with Crippen LogP contribution >= 0.6 is 23.6 Å². The van der Waals surface area contributed by atoms with Crippen molar-refractivity contribution >= 4 is 28.9 Å². The largest absolute Gasteiger partial charge is 0.388 e. The van der Waals surface area contributed by atoms with Gasteiger partial charge in [0.25, 0.3) is 0 Å². The van der Waals surface area contributed by atoms with Crippen LogP contribution in [0.5, 0.6) is 0 Å². The minimum absolute atomic E-state index is 0.475. The van der Waals surface area contributed by atoms with E-state index in [0.29, 0.717) is 6.42 Å². The molecular weight excluding hydrogens is 230 g/mol. The molecule has 0 aromatic carbocycles. The number of aromatic nitrogens is 2. The molecule has 1 unspecified atom stereocenters. The minimum Gasteiger partial charge on any atom is -0.388 e. The van der Waals surface area contributed by atoms with E-state index in [0.717, 1.165) is 23.0 Å². The summed E-state index contributed by atoms with van der Waals surface area (Å²) < 4.78 is 0. The number of likely N-dealkylation sites (N-methyl/N-ethyl adjacent to an activating group) is 1. The van der Waals surface area contributed by atoms with E-state index in [1.54, 1.807) is 11.3 Å². The average molecular weight is 245 g/mol. The third kappa shape index (κ3) is 4.74. The summed E-state index contributed by atoms with van der Waals surface area (Å²) in [6.45, 7) is 0.963. The lowest BCUT2D eigenvalue weighted by atomic mass is 10.3. The van der Waals surface area contributed by atoms with Crippen LogP contribution in [0.15, 0.2) is 0 Å². The molecule has 1 heterocycles. The van der Waals surface area contributed by atoms with Crippen LogP contribution in [-0.4, -0.2) is 52.3 Å². The van der Waals surface area contributed by atoms with Gasteiger partial charge in [0.1, 0.15) is 10.0 Å². The van der Waals surface area contributed by atoms with E-state index >= 15 is 0 Å². The first-order chi connectivity index (χ1) is 7.11. The van der Waals surface area contributed by atoms with Gasteiger partial charge in [0, 0.05) is 24.8 Å². The molecule has 0 bridgehead atoms. The van der Waals surface area contributed by atoms with Gasteiger partial charge in [-0.3, -0.25) is 0 Å². The summed E-state index contributed by atoms with van der Waals surface area (Å²) in [6, 6.07) is 0. The second kappa shape index (κ2) is 6.22. The highest BCUT2D eigenvalue weighted by atomic mass is 32.1. The molecule has 0 saturated heterocycles. The van der Waals surface area contributed by atoms with Crippen molar-refractivity contribution in [2.75, 3.05) is 20.6 Å². The van der Waals surface area contributed by atoms with Crippen molar-refractivity contribution in [2.24, 2.45) is 0 Å². The van der Waals surface area contributed by atoms with Crippen LogP contribution in [0.3, 0.4) is 0 Å². The molecule has 1 N–H and O–H groups in total. The maximum Gasteiger partial charge on any atom is 0.120 e. The highest BCUT2D eigenvalue weighted by Crippen LogP contribution is 2.12. The van der Waals surface area contributed by atoms with Crippen molar-refractivity contribution < 1.29 is 5.11 Å². The van der Waals surface area contributed by atoms with E-state index in [-0.39, 0.29) is 0 Å². The molecule has 0 aliphatic rings. The standard InChI is InChI=1S/C9H15N3OS2/c1-12(2)4-3-8-10-11-9(15-8)5-7(13)6-14/h6-7,13H,3-5H2,1-2H3. The second-order valence-electron chi connectivity index (χ2n) is 3.55. The SMILES string of the molecule is CN(C)CCc1nnc(CC(O)C=S)s1. The highest BCUT2D eigenvalue weighted by molar-refractivity contribution is 7.79. The lowest BCUT2D eigenvalue weighted by molar-refractivity contribution is 0.249. The van der Waals surface area contributed by atoms with Gasteiger partial charge in [0.15, 0.2) is 0 Å². The first-order valence-corrected chi connectivity index (χ1v) is 6.00. The van der Waals surface area contributed by atoms with Gasteiger partial charge in [-0.25, -0.2) is 0 Å². The molecule has 0 aliphatic heterocycles. The fourth-order valence-corrected chi connectivity index (χ4v) is 2.00. The summed E-state index contributed by atoms with van der Waals surface area (Å²) >= 11 is 6.18. The van der Waals surface area contributed by atoms with Crippen LogP contribution < -0.4 is 0 Å². The van der Waals surface area contributed by atoms with E-state index in [2.05, 4.69) is 27.3 Å². The number of rotatable bonds is 6. The fraction of sp³-hybridized carbons (Fsp3) is 0.667. The molecule has 1 rings (SSSR count). The molecular formula is C9H15N3OS2. The molecule has 0 fully saturated rings. The Morgan fingerprint density at radius 3 is 2.73 bits per heavy atom. The Bertz CT molecular complexity index is 314. The average Bonchev–Trinajstić information content (AvgIpc) is 2.62. The normalized spacial score (nSPS) is 13.1. The van der Waals surface area contributed by atoms with Crippen molar-refractivity contribution in [3.8, 4) is 0 Å². The van der Waals surface area contributed by atoms with Crippen LogP contribution in [0, 0.1) is 0 Å². The molecule has 1 atom stereocenters. The summed E-state index contributed by atoms with van der Waals surface area (Å²) in [6.07, 6.45) is 0.788. The zero-order valence-electron chi connectivity index (χ0n) is 8.88. The third-order valence-corrected chi connectivity index (χ3v) is 3.14. The molecule has 15 heavy (non-hydrogen) atoms. The molecule has 0 spiro atoms. The van der Waals surface area contributed by atoms with Crippen molar-refractivity contribution in [1.82, 2.24) is 15.1 Å². The number of hydrogen-bond acceptors (Lipinski definition) is 6. The van der Waals surface area contributed by atoms with Crippen LogP contribution in [0.25, 0.3) is 0 Å². The second-order valence-corrected chi connectivity index (χ2v) is 4.97. The number of aliphatic hydroxyl groups is 1. The maximum absolute atomic E-state index is 9.31. The molecule has 0 saturated carbocycles. The van der Waals surface area contributed by atoms with E-state index in [1.807, 2.05) is 14.1 Å². The first-order valence-electron chi connectivity index (χ1n) is 4.71. The molecule has 0 aliphatic carbocycles. The van der Waals surface area contributed by atoms with E-state index in [4.69, 9.17) is 0 Å². The minimum atomic E-state index is -0.588. The Hall–Kier alpha value is -0.430. The maximum atomic E-state index is 9.31. The van der Waals surface area contributed by atoms with Crippen molar-refractivity contribution in [3.05, 3.63) is 10.0 Å². The molecule has 0 radical (unpaired) electrons. The predicted octanol–water partition coefficient (Wildman–Crippen LogP) is 0.545. The molecule has 6 heteroatoms. The zero-order chi connectivity index (χ0) is 11.3. The summed E-state index contributed by atoms with van der Waals surface area (Å²) in [4.78, 5) is 2.10. The molecule has 84 valence electrons. The Kier molecular flexibility index (Phi) is 5.24. The summed E-state index contributed by atoms with van der Waals surface area (Å²) in [5.41, 5.74) is 0. The summed E-state index contributed by atoms with van der Waals surface area (Å²) in [5.74, 6) is 0. The molecule has 0 amide bonds. The summed E-state index contributed by atoms with van der Waals surface area (Å²) in [5, 5.41) is 20.6. The van der Waals surface area contributed by atoms with Gasteiger partial charge in [-0.15, -0.1) is 21.5 Å². The quantitative estimate of drug-likeness (QED) is 0.742. The smallest absolute Gasteiger partial charge is 0.120 e. The van der Waals surface area contributed by atoms with Crippen molar-refractivity contribution in [1.29, 1.82) is 0 Å². The van der Waals surface area contributed by atoms with Crippen LogP contribution in [-0.2, 0) is 12.8 Å². The van der Waals surface area contributed by atoms with Gasteiger partial charge in [-0.05, 0) is 14.1 Å². The third-order valence-electron chi connectivity index (χ3n) is 1.82. The number of nitrogens with zero attached hydrogens (tertiary/aromatic N) is 3. The Labute approximate surface area is 98.9 Å². The first kappa shape index (κ1) is 12.6. The Morgan fingerprint density at radius 1 is 1.47 bits per heavy atom. The van der Waals surface area contributed by atoms with Crippen LogP contribution in [0.2, 0.25) is 0 Å². The molecule has 4 nitrogen and oxygen atoms in total. The van der Waals surface area contributed by atoms with Crippen LogP contribution in [0.1, 0.15) is 10.0 Å². The topological polar surface area (TPSA) is 49.2 Å². The monoisotopic (exact) mass is 245 g/mol. The number of aliphatic hydroxyl groups excluding tert-OH is 1. The van der Waals surface area contributed by atoms with E-state index < -0.39 is 6.10 Å². The van der Waals surface area contributed by atoms with Gasteiger partial charge >= 0.3 is 0 Å². The molecule has 1 aromatic rings. The van der Waals surface area contributed by atoms with Crippen molar-refractivity contribution in [3.63, 3.8) is 0 Å². The lowest BCUT2D eigenvalue weighted by Gasteiger charge is -2.05. The van der Waals surface area contributed by atoms with E-state index in [9.17, 15) is 5.11 Å². The van der Waals surface area contributed by atoms with E-state index in [1.165, 1.54) is 5.37 Å². The Morgan fingerprint density at radius 2 is 2.13 bits per heavy atom. The highest BCUT2D eigenvalue weighted by Gasteiger charge is 2.08. The van der Waals surface area contributed by atoms with Crippen LogP contribution in [0.4, 0.5) is 0 Å². The van der Waals surface area contributed by atoms with Gasteiger partial charge in [-0.1, -0.05) is 12.2 Å². The fourth-order valence-electron chi connectivity index (χ4n) is 1.02. The Balaban J connectivity index is 2.45. The predicted molar refractivity (Wildman–Crippen MR) is 65.5 cm³/mol. The summed E-state index contributed by atoms with van der Waals surface area (Å²) in [7, 11) is 4.05. The number of thiocarbonyl (C=S) groups is 1.